The highest BCUT2D eigenvalue weighted by molar-refractivity contribution is 5.87. The van der Waals surface area contributed by atoms with Gasteiger partial charge in [0.1, 0.15) is 6.10 Å². The van der Waals surface area contributed by atoms with Crippen molar-refractivity contribution in [1.82, 2.24) is 0 Å². The van der Waals surface area contributed by atoms with Crippen molar-refractivity contribution in [1.29, 1.82) is 0 Å². The maximum Gasteiger partial charge on any atom is 0.162 e. The van der Waals surface area contributed by atoms with Gasteiger partial charge < -0.3 is 10.8 Å². The Balaban J connectivity index is 1.76. The molecule has 0 saturated heterocycles. The summed E-state index contributed by atoms with van der Waals surface area (Å²) in [6.45, 7) is 4.51. The van der Waals surface area contributed by atoms with Gasteiger partial charge in [-0.2, -0.15) is 0 Å². The van der Waals surface area contributed by atoms with Gasteiger partial charge in [-0.25, -0.2) is 0 Å². The Morgan fingerprint density at radius 3 is 2.68 bits per heavy atom. The summed E-state index contributed by atoms with van der Waals surface area (Å²) in [7, 11) is 0. The van der Waals surface area contributed by atoms with E-state index in [0.717, 1.165) is 32.1 Å². The van der Waals surface area contributed by atoms with Crippen LogP contribution in [0, 0.1) is 22.7 Å². The molecule has 3 heteroatoms. The quantitative estimate of drug-likeness (QED) is 0.723. The molecule has 0 amide bonds. The molecule has 3 fully saturated rings. The smallest absolute Gasteiger partial charge is 0.162 e. The summed E-state index contributed by atoms with van der Waals surface area (Å²) < 4.78 is 0. The number of allylic oxidation sites excluding steroid dienone is 3. The molecule has 0 unspecified atom stereocenters. The third kappa shape index (κ3) is 1.73. The molecule has 4 aliphatic carbocycles. The molecule has 120 valence electrons. The maximum atomic E-state index is 12.1. The van der Waals surface area contributed by atoms with Crippen LogP contribution in [0.5, 0.6) is 0 Å². The average Bonchev–Trinajstić information content (AvgIpc) is 2.72. The van der Waals surface area contributed by atoms with Crippen LogP contribution < -0.4 is 5.73 Å². The number of hydrogen-bond acceptors (Lipinski definition) is 3. The van der Waals surface area contributed by atoms with Gasteiger partial charge in [0.25, 0.3) is 0 Å². The first-order valence-electron chi connectivity index (χ1n) is 8.74. The van der Waals surface area contributed by atoms with Gasteiger partial charge in [-0.1, -0.05) is 37.1 Å². The predicted molar refractivity (Wildman–Crippen MR) is 86.1 cm³/mol. The van der Waals surface area contributed by atoms with Crippen molar-refractivity contribution < 1.29 is 9.90 Å². The largest absolute Gasteiger partial charge is 0.385 e. The Morgan fingerprint density at radius 2 is 1.91 bits per heavy atom. The molecule has 0 bridgehead atoms. The maximum absolute atomic E-state index is 12.1. The lowest BCUT2D eigenvalue weighted by Crippen LogP contribution is -2.47. The van der Waals surface area contributed by atoms with Crippen LogP contribution in [-0.2, 0) is 4.79 Å². The van der Waals surface area contributed by atoms with Crippen LogP contribution >= 0.6 is 0 Å². The minimum absolute atomic E-state index is 0.0413. The Hall–Kier alpha value is -0.930. The van der Waals surface area contributed by atoms with Gasteiger partial charge in [-0.3, -0.25) is 4.79 Å². The Bertz CT molecular complexity index is 592. The normalized spacial score (nSPS) is 50.6. The minimum atomic E-state index is -0.766. The Morgan fingerprint density at radius 1 is 1.14 bits per heavy atom. The van der Waals surface area contributed by atoms with E-state index in [4.69, 9.17) is 5.73 Å². The standard InChI is InChI=1S/C19H27NO2/c1-18-7-5-12(20)9-11(18)3-4-13-14(18)6-8-19(2)15(13)10-16(21)17(19)22/h3-4,12,14-15,17,22H,5-10,20H2,1-2H3/t12-,14+,15+,17+,18+,19+/m1/s1. The molecule has 0 aromatic rings. The van der Waals surface area contributed by atoms with Crippen molar-refractivity contribution in [3.8, 4) is 0 Å². The molecule has 0 heterocycles. The van der Waals surface area contributed by atoms with E-state index < -0.39 is 6.10 Å². The van der Waals surface area contributed by atoms with Crippen LogP contribution in [0.1, 0.15) is 52.4 Å². The highest BCUT2D eigenvalue weighted by Gasteiger charge is 2.58. The third-order valence-electron chi connectivity index (χ3n) is 7.40. The minimum Gasteiger partial charge on any atom is -0.385 e. The molecule has 0 aliphatic heterocycles. The number of carbonyl (C=O) groups is 1. The van der Waals surface area contributed by atoms with Gasteiger partial charge in [0.05, 0.1) is 0 Å². The number of carbonyl (C=O) groups excluding carboxylic acids is 1. The first-order chi connectivity index (χ1) is 10.4. The molecule has 4 rings (SSSR count). The van der Waals surface area contributed by atoms with Gasteiger partial charge in [0.15, 0.2) is 5.78 Å². The summed E-state index contributed by atoms with van der Waals surface area (Å²) in [6.07, 6.45) is 9.63. The van der Waals surface area contributed by atoms with Crippen LogP contribution in [0.2, 0.25) is 0 Å². The fourth-order valence-corrected chi connectivity index (χ4v) is 5.81. The van der Waals surface area contributed by atoms with Crippen molar-refractivity contribution >= 4 is 5.78 Å². The SMILES string of the molecule is C[C@]12CC[C@H]3C(=CC=C4C[C@H](N)CC[C@@]43C)[C@@H]1CC(=O)[C@@H]2O. The molecule has 0 aromatic heterocycles. The second kappa shape index (κ2) is 4.55. The molecule has 3 nitrogen and oxygen atoms in total. The lowest BCUT2D eigenvalue weighted by atomic mass is 9.51. The number of fused-ring (bicyclic) bond motifs is 5. The van der Waals surface area contributed by atoms with E-state index in [9.17, 15) is 9.90 Å². The van der Waals surface area contributed by atoms with E-state index in [1.807, 2.05) is 0 Å². The van der Waals surface area contributed by atoms with Crippen molar-refractivity contribution in [2.45, 2.75) is 64.5 Å². The summed E-state index contributed by atoms with van der Waals surface area (Å²) in [5, 5.41) is 10.4. The fraction of sp³-hybridized carbons (Fsp3) is 0.737. The van der Waals surface area contributed by atoms with Crippen molar-refractivity contribution in [2.75, 3.05) is 0 Å². The topological polar surface area (TPSA) is 63.3 Å². The first kappa shape index (κ1) is 14.6. The van der Waals surface area contributed by atoms with Crippen LogP contribution in [0.15, 0.2) is 23.3 Å². The summed E-state index contributed by atoms with van der Waals surface area (Å²) in [5.74, 6) is 0.815. The molecular weight excluding hydrogens is 274 g/mol. The predicted octanol–water partition coefficient (Wildman–Crippen LogP) is 2.74. The van der Waals surface area contributed by atoms with E-state index in [2.05, 4.69) is 26.0 Å². The Labute approximate surface area is 132 Å². The van der Waals surface area contributed by atoms with E-state index in [1.165, 1.54) is 11.1 Å². The lowest BCUT2D eigenvalue weighted by molar-refractivity contribution is -0.127. The van der Waals surface area contributed by atoms with E-state index in [-0.39, 0.29) is 22.5 Å². The highest BCUT2D eigenvalue weighted by atomic mass is 16.3. The summed E-state index contributed by atoms with van der Waals surface area (Å²) in [5.41, 5.74) is 9.09. The summed E-state index contributed by atoms with van der Waals surface area (Å²) >= 11 is 0. The zero-order valence-electron chi connectivity index (χ0n) is 13.6. The number of hydrogen-bond donors (Lipinski definition) is 2. The molecule has 22 heavy (non-hydrogen) atoms. The number of aliphatic hydroxyl groups is 1. The molecule has 0 aromatic carbocycles. The van der Waals surface area contributed by atoms with Crippen LogP contribution in [0.25, 0.3) is 0 Å². The summed E-state index contributed by atoms with van der Waals surface area (Å²) in [4.78, 5) is 12.1. The zero-order valence-corrected chi connectivity index (χ0v) is 13.6. The van der Waals surface area contributed by atoms with Gasteiger partial charge in [-0.05, 0) is 49.4 Å². The molecule has 6 atom stereocenters. The molecule has 4 aliphatic rings. The molecular formula is C19H27NO2. The van der Waals surface area contributed by atoms with Crippen molar-refractivity contribution in [2.24, 2.45) is 28.4 Å². The average molecular weight is 301 g/mol. The number of rotatable bonds is 0. The van der Waals surface area contributed by atoms with Crippen LogP contribution in [0.4, 0.5) is 0 Å². The second-order valence-corrected chi connectivity index (χ2v) is 8.50. The molecule has 0 spiro atoms. The lowest BCUT2D eigenvalue weighted by Gasteiger charge is -2.54. The number of nitrogens with two attached hydrogens (primary N) is 1. The zero-order chi connectivity index (χ0) is 15.7. The first-order valence-corrected chi connectivity index (χ1v) is 8.74. The fourth-order valence-electron chi connectivity index (χ4n) is 5.81. The van der Waals surface area contributed by atoms with Crippen molar-refractivity contribution in [3.63, 3.8) is 0 Å². The Kier molecular flexibility index (Phi) is 3.03. The van der Waals surface area contributed by atoms with Gasteiger partial charge in [0, 0.05) is 17.9 Å². The number of ketones is 1. The molecule has 0 radical (unpaired) electrons. The highest BCUT2D eigenvalue weighted by Crippen LogP contribution is 2.62. The number of Topliss-reactive ketones (excluding diaryl/α,β-unsaturated/α-hetero) is 1. The van der Waals surface area contributed by atoms with Crippen LogP contribution in [0.3, 0.4) is 0 Å². The second-order valence-electron chi connectivity index (χ2n) is 8.50. The van der Waals surface area contributed by atoms with Crippen LogP contribution in [-0.4, -0.2) is 23.0 Å². The van der Waals surface area contributed by atoms with E-state index >= 15 is 0 Å². The third-order valence-corrected chi connectivity index (χ3v) is 7.40. The van der Waals surface area contributed by atoms with Gasteiger partial charge in [-0.15, -0.1) is 0 Å². The monoisotopic (exact) mass is 301 g/mol. The molecule has 3 N–H and O–H groups in total. The van der Waals surface area contributed by atoms with E-state index in [0.29, 0.717) is 18.4 Å². The summed E-state index contributed by atoms with van der Waals surface area (Å²) in [6, 6.07) is 0.304. The van der Waals surface area contributed by atoms with Gasteiger partial charge >= 0.3 is 0 Å². The van der Waals surface area contributed by atoms with Gasteiger partial charge in [0.2, 0.25) is 0 Å². The van der Waals surface area contributed by atoms with Crippen molar-refractivity contribution in [3.05, 3.63) is 23.3 Å². The van der Waals surface area contributed by atoms with E-state index in [1.54, 1.807) is 0 Å². The number of aliphatic hydroxyl groups excluding tert-OH is 1. The molecule has 3 saturated carbocycles.